The fraction of sp³-hybridized carbons (Fsp3) is 0.788. The summed E-state index contributed by atoms with van der Waals surface area (Å²) in [7, 11) is -1.98. The van der Waals surface area contributed by atoms with E-state index in [4.69, 9.17) is 13.9 Å². The van der Waals surface area contributed by atoms with Gasteiger partial charge in [-0.1, -0.05) is 70.4 Å². The van der Waals surface area contributed by atoms with Gasteiger partial charge in [0, 0.05) is 0 Å². The third kappa shape index (κ3) is 5.67. The lowest BCUT2D eigenvalue weighted by Gasteiger charge is -2.54. The number of ether oxygens (including phenoxy) is 2. The van der Waals surface area contributed by atoms with Crippen molar-refractivity contribution in [3.63, 3.8) is 0 Å². The summed E-state index contributed by atoms with van der Waals surface area (Å²) in [6.07, 6.45) is 15.9. The zero-order valence-corrected chi connectivity index (χ0v) is 27.0. The first-order valence-electron chi connectivity index (χ1n) is 15.1. The highest BCUT2D eigenvalue weighted by molar-refractivity contribution is 6.74. The second kappa shape index (κ2) is 10.3. The van der Waals surface area contributed by atoms with Crippen molar-refractivity contribution in [1.82, 2.24) is 0 Å². The minimum absolute atomic E-state index is 0.0358. The van der Waals surface area contributed by atoms with E-state index in [9.17, 15) is 4.79 Å². The Bertz CT molecular complexity index is 1010. The van der Waals surface area contributed by atoms with Gasteiger partial charge in [0.2, 0.25) is 0 Å². The van der Waals surface area contributed by atoms with Crippen molar-refractivity contribution in [1.29, 1.82) is 0 Å². The van der Waals surface area contributed by atoms with Gasteiger partial charge in [-0.25, -0.2) is 4.79 Å². The molecule has 5 heteroatoms. The zero-order chi connectivity index (χ0) is 28.1. The number of fused-ring (bicyclic) bond motifs is 5. The number of carbonyl (C=O) groups excluding carboxylic acids is 1. The quantitative estimate of drug-likeness (QED) is 0.184. The van der Waals surface area contributed by atoms with E-state index in [2.05, 4.69) is 65.9 Å². The SMILES string of the molecule is CC(C)(C)OC(=O)CO[C@@H](CO[Si](C)(C)C(C)(C)C)C1=CC[C@H]2C3=CC=C4CCCC[C@]4(C)[C@H]3CC[C@]12C. The Morgan fingerprint density at radius 2 is 1.74 bits per heavy atom. The maximum atomic E-state index is 12.6. The van der Waals surface area contributed by atoms with Crippen molar-refractivity contribution in [2.24, 2.45) is 22.7 Å². The summed E-state index contributed by atoms with van der Waals surface area (Å²) < 4.78 is 18.7. The first kappa shape index (κ1) is 29.8. The van der Waals surface area contributed by atoms with Crippen LogP contribution >= 0.6 is 0 Å². The molecule has 2 saturated carbocycles. The maximum absolute atomic E-state index is 12.6. The molecule has 38 heavy (non-hydrogen) atoms. The molecule has 0 aromatic rings. The van der Waals surface area contributed by atoms with Gasteiger partial charge < -0.3 is 13.9 Å². The number of esters is 1. The molecule has 214 valence electrons. The molecule has 0 radical (unpaired) electrons. The summed E-state index contributed by atoms with van der Waals surface area (Å²) in [6.45, 7) is 22.5. The second-order valence-electron chi connectivity index (χ2n) is 15.4. The summed E-state index contributed by atoms with van der Waals surface area (Å²) in [5, 5.41) is 0.115. The highest BCUT2D eigenvalue weighted by Crippen LogP contribution is 2.64. The molecule has 0 amide bonds. The van der Waals surface area contributed by atoms with Crippen LogP contribution in [0.25, 0.3) is 0 Å². The van der Waals surface area contributed by atoms with E-state index in [0.29, 0.717) is 23.9 Å². The summed E-state index contributed by atoms with van der Waals surface area (Å²) in [5.74, 6) is 0.864. The van der Waals surface area contributed by atoms with Crippen LogP contribution in [0.3, 0.4) is 0 Å². The standard InChI is InChI=1S/C33H54O4Si/c1-30(2,3)37-29(34)22-35-28(21-36-38(9,10)31(4,5)6)27-17-16-25-24-15-14-23-13-11-12-19-32(23,7)26(24)18-20-33(25,27)8/h14-15,17,25-26,28H,11-13,16,18-22H2,1-10H3/t25-,26-,28-,32-,33-/m0/s1. The number of hydrogen-bond acceptors (Lipinski definition) is 4. The molecule has 0 saturated heterocycles. The molecule has 2 fully saturated rings. The van der Waals surface area contributed by atoms with Crippen LogP contribution < -0.4 is 0 Å². The Morgan fingerprint density at radius 3 is 2.39 bits per heavy atom. The number of allylic oxidation sites excluding steroid dienone is 5. The molecule has 4 rings (SSSR count). The normalized spacial score (nSPS) is 32.3. The monoisotopic (exact) mass is 542 g/mol. The summed E-state index contributed by atoms with van der Waals surface area (Å²) in [6, 6.07) is 0. The molecular formula is C33H54O4Si. The lowest BCUT2D eigenvalue weighted by atomic mass is 9.50. The molecule has 0 unspecified atom stereocenters. The van der Waals surface area contributed by atoms with Crippen molar-refractivity contribution >= 4 is 14.3 Å². The van der Waals surface area contributed by atoms with E-state index >= 15 is 0 Å². The Kier molecular flexibility index (Phi) is 8.11. The van der Waals surface area contributed by atoms with Crippen molar-refractivity contribution in [3.05, 3.63) is 34.9 Å². The van der Waals surface area contributed by atoms with E-state index in [1.807, 2.05) is 20.8 Å². The topological polar surface area (TPSA) is 44.8 Å². The lowest BCUT2D eigenvalue weighted by Crippen LogP contribution is -2.47. The molecule has 0 aromatic carbocycles. The molecule has 4 aliphatic rings. The molecular weight excluding hydrogens is 488 g/mol. The van der Waals surface area contributed by atoms with Gasteiger partial charge in [-0.05, 0) is 106 Å². The van der Waals surface area contributed by atoms with Crippen LogP contribution in [0.1, 0.15) is 100 Å². The van der Waals surface area contributed by atoms with Gasteiger partial charge in [0.05, 0.1) is 6.61 Å². The van der Waals surface area contributed by atoms with Crippen molar-refractivity contribution < 1.29 is 18.7 Å². The smallest absolute Gasteiger partial charge is 0.332 e. The van der Waals surface area contributed by atoms with Crippen LogP contribution in [0.4, 0.5) is 0 Å². The Balaban J connectivity index is 1.57. The van der Waals surface area contributed by atoms with Gasteiger partial charge in [-0.15, -0.1) is 0 Å². The predicted molar refractivity (Wildman–Crippen MR) is 158 cm³/mol. The molecule has 4 aliphatic carbocycles. The number of rotatable bonds is 7. The van der Waals surface area contributed by atoms with Crippen molar-refractivity contribution in [3.8, 4) is 0 Å². The molecule has 4 nitrogen and oxygen atoms in total. The third-order valence-electron chi connectivity index (χ3n) is 10.7. The third-order valence-corrected chi connectivity index (χ3v) is 15.2. The first-order valence-corrected chi connectivity index (χ1v) is 18.0. The second-order valence-corrected chi connectivity index (χ2v) is 20.2. The molecule has 0 spiro atoms. The summed E-state index contributed by atoms with van der Waals surface area (Å²) in [4.78, 5) is 12.6. The van der Waals surface area contributed by atoms with Crippen molar-refractivity contribution in [2.75, 3.05) is 13.2 Å². The molecule has 0 aliphatic heterocycles. The highest BCUT2D eigenvalue weighted by atomic mass is 28.4. The van der Waals surface area contributed by atoms with Crippen LogP contribution in [0.5, 0.6) is 0 Å². The lowest BCUT2D eigenvalue weighted by molar-refractivity contribution is -0.162. The number of carbonyl (C=O) groups is 1. The Labute approximate surface area is 233 Å². The van der Waals surface area contributed by atoms with Crippen LogP contribution in [0.15, 0.2) is 34.9 Å². The molecule has 0 N–H and O–H groups in total. The maximum Gasteiger partial charge on any atom is 0.332 e. The minimum atomic E-state index is -1.98. The average molecular weight is 543 g/mol. The Hall–Kier alpha value is -1.17. The molecule has 0 bridgehead atoms. The predicted octanol–water partition coefficient (Wildman–Crippen LogP) is 8.54. The van der Waals surface area contributed by atoms with Gasteiger partial charge >= 0.3 is 5.97 Å². The number of hydrogen-bond donors (Lipinski definition) is 0. The minimum Gasteiger partial charge on any atom is -0.458 e. The van der Waals surface area contributed by atoms with Crippen molar-refractivity contribution in [2.45, 2.75) is 130 Å². The van der Waals surface area contributed by atoms with E-state index in [0.717, 1.165) is 6.42 Å². The van der Waals surface area contributed by atoms with Gasteiger partial charge in [0.15, 0.2) is 8.32 Å². The average Bonchev–Trinajstić information content (AvgIpc) is 3.14. The van der Waals surface area contributed by atoms with Gasteiger partial charge in [-0.3, -0.25) is 0 Å². The fourth-order valence-electron chi connectivity index (χ4n) is 7.42. The molecule has 0 aromatic heterocycles. The van der Waals surface area contributed by atoms with Gasteiger partial charge in [-0.2, -0.15) is 0 Å². The fourth-order valence-corrected chi connectivity index (χ4v) is 8.42. The van der Waals surface area contributed by atoms with E-state index in [-0.39, 0.29) is 29.1 Å². The largest absolute Gasteiger partial charge is 0.458 e. The van der Waals surface area contributed by atoms with E-state index in [1.165, 1.54) is 44.1 Å². The molecule has 5 atom stereocenters. The van der Waals surface area contributed by atoms with E-state index in [1.54, 1.807) is 11.1 Å². The van der Waals surface area contributed by atoms with E-state index < -0.39 is 13.9 Å². The Morgan fingerprint density at radius 1 is 1.03 bits per heavy atom. The summed E-state index contributed by atoms with van der Waals surface area (Å²) in [5.41, 5.74) is 4.54. The summed E-state index contributed by atoms with van der Waals surface area (Å²) >= 11 is 0. The van der Waals surface area contributed by atoms with Gasteiger partial charge in [0.25, 0.3) is 0 Å². The first-order chi connectivity index (χ1) is 17.5. The van der Waals surface area contributed by atoms with Crippen LogP contribution in [0.2, 0.25) is 18.1 Å². The van der Waals surface area contributed by atoms with Crippen LogP contribution in [-0.4, -0.2) is 39.2 Å². The van der Waals surface area contributed by atoms with Gasteiger partial charge in [0.1, 0.15) is 18.3 Å². The zero-order valence-electron chi connectivity index (χ0n) is 26.0. The van der Waals surface area contributed by atoms with Crippen LogP contribution in [0, 0.1) is 22.7 Å². The van der Waals surface area contributed by atoms with Crippen LogP contribution in [-0.2, 0) is 18.7 Å². The molecule has 0 heterocycles. The highest BCUT2D eigenvalue weighted by Gasteiger charge is 2.55.